The van der Waals surface area contributed by atoms with Gasteiger partial charge in [-0.25, -0.2) is 0 Å². The highest BCUT2D eigenvalue weighted by Gasteiger charge is 2.21. The second-order valence-electron chi connectivity index (χ2n) is 3.09. The number of aliphatic imine (C=N–C) groups is 1. The van der Waals surface area contributed by atoms with Crippen molar-refractivity contribution in [2.24, 2.45) is 4.99 Å². The van der Waals surface area contributed by atoms with Crippen LogP contribution in [0.3, 0.4) is 0 Å². The van der Waals surface area contributed by atoms with Crippen LogP contribution in [-0.4, -0.2) is 54.0 Å². The summed E-state index contributed by atoms with van der Waals surface area (Å²) in [5.41, 5.74) is 0. The maximum absolute atomic E-state index is 5.07. The Kier molecular flexibility index (Phi) is 5.89. The summed E-state index contributed by atoms with van der Waals surface area (Å²) < 4.78 is 5.07. The standard InChI is InChI=1S/C9H17BrN2OS/c1-3-12(4-5-13-2)9-11-7-8(6-10)14-9/h8H,3-7H2,1-2H3. The first-order valence-electron chi connectivity index (χ1n) is 4.82. The number of hydrogen-bond acceptors (Lipinski definition) is 4. The van der Waals surface area contributed by atoms with Gasteiger partial charge in [0.15, 0.2) is 5.17 Å². The van der Waals surface area contributed by atoms with Gasteiger partial charge >= 0.3 is 0 Å². The summed E-state index contributed by atoms with van der Waals surface area (Å²) in [5, 5.41) is 2.81. The number of nitrogens with zero attached hydrogens (tertiary/aromatic N) is 2. The van der Waals surface area contributed by atoms with Gasteiger partial charge in [0.05, 0.1) is 13.2 Å². The summed E-state index contributed by atoms with van der Waals surface area (Å²) >= 11 is 5.36. The molecule has 5 heteroatoms. The van der Waals surface area contributed by atoms with Crippen molar-refractivity contribution in [3.8, 4) is 0 Å². The number of thioether (sulfide) groups is 1. The van der Waals surface area contributed by atoms with Gasteiger partial charge < -0.3 is 9.64 Å². The van der Waals surface area contributed by atoms with Crippen LogP contribution in [0, 0.1) is 0 Å². The van der Waals surface area contributed by atoms with Crippen molar-refractivity contribution >= 4 is 32.9 Å². The zero-order valence-electron chi connectivity index (χ0n) is 8.70. The molecule has 1 unspecified atom stereocenters. The Labute approximate surface area is 98.4 Å². The molecule has 1 atom stereocenters. The van der Waals surface area contributed by atoms with Gasteiger partial charge in [-0.3, -0.25) is 4.99 Å². The van der Waals surface area contributed by atoms with E-state index >= 15 is 0 Å². The second kappa shape index (κ2) is 6.69. The maximum Gasteiger partial charge on any atom is 0.159 e. The summed E-state index contributed by atoms with van der Waals surface area (Å²) in [4.78, 5) is 6.81. The molecule has 1 rings (SSSR count). The lowest BCUT2D eigenvalue weighted by Gasteiger charge is -2.21. The fraction of sp³-hybridized carbons (Fsp3) is 0.889. The lowest BCUT2D eigenvalue weighted by molar-refractivity contribution is 0.178. The monoisotopic (exact) mass is 280 g/mol. The van der Waals surface area contributed by atoms with Crippen LogP contribution in [0.2, 0.25) is 0 Å². The zero-order valence-corrected chi connectivity index (χ0v) is 11.1. The van der Waals surface area contributed by atoms with Crippen LogP contribution in [-0.2, 0) is 4.74 Å². The third-order valence-corrected chi connectivity index (χ3v) is 4.55. The number of methoxy groups -OCH3 is 1. The molecule has 0 aromatic carbocycles. The van der Waals surface area contributed by atoms with Crippen LogP contribution in [0.5, 0.6) is 0 Å². The molecule has 1 heterocycles. The minimum atomic E-state index is 0.613. The number of likely N-dealkylation sites (N-methyl/N-ethyl adjacent to an activating group) is 1. The van der Waals surface area contributed by atoms with Crippen molar-refractivity contribution in [1.29, 1.82) is 0 Å². The van der Waals surface area contributed by atoms with Crippen LogP contribution in [0.4, 0.5) is 0 Å². The molecular weight excluding hydrogens is 264 g/mol. The quantitative estimate of drug-likeness (QED) is 0.719. The van der Waals surface area contributed by atoms with Crippen molar-refractivity contribution in [2.45, 2.75) is 12.2 Å². The fourth-order valence-electron chi connectivity index (χ4n) is 1.25. The number of alkyl halides is 1. The van der Waals surface area contributed by atoms with Crippen molar-refractivity contribution in [3.63, 3.8) is 0 Å². The van der Waals surface area contributed by atoms with Gasteiger partial charge in [-0.05, 0) is 6.92 Å². The first-order chi connectivity index (χ1) is 6.81. The molecule has 0 N–H and O–H groups in total. The van der Waals surface area contributed by atoms with Gasteiger partial charge in [0, 0.05) is 30.8 Å². The number of rotatable bonds is 5. The highest BCUT2D eigenvalue weighted by molar-refractivity contribution is 9.09. The highest BCUT2D eigenvalue weighted by Crippen LogP contribution is 2.24. The molecular formula is C9H17BrN2OS. The smallest absolute Gasteiger partial charge is 0.159 e. The first-order valence-corrected chi connectivity index (χ1v) is 6.82. The molecule has 1 aliphatic rings. The van der Waals surface area contributed by atoms with E-state index in [9.17, 15) is 0 Å². The normalized spacial score (nSPS) is 21.1. The van der Waals surface area contributed by atoms with E-state index in [4.69, 9.17) is 4.74 Å². The summed E-state index contributed by atoms with van der Waals surface area (Å²) in [6.45, 7) is 5.80. The second-order valence-corrected chi connectivity index (χ2v) is 5.00. The summed E-state index contributed by atoms with van der Waals surface area (Å²) in [6.07, 6.45) is 0. The van der Waals surface area contributed by atoms with Crippen LogP contribution in [0.15, 0.2) is 4.99 Å². The van der Waals surface area contributed by atoms with Gasteiger partial charge in [0.1, 0.15) is 0 Å². The average Bonchev–Trinajstić information content (AvgIpc) is 2.68. The lowest BCUT2D eigenvalue weighted by Crippen LogP contribution is -2.31. The van der Waals surface area contributed by atoms with Crippen molar-refractivity contribution in [2.75, 3.05) is 38.7 Å². The molecule has 82 valence electrons. The van der Waals surface area contributed by atoms with Crippen LogP contribution in [0.1, 0.15) is 6.92 Å². The molecule has 0 radical (unpaired) electrons. The highest BCUT2D eigenvalue weighted by atomic mass is 79.9. The third kappa shape index (κ3) is 3.44. The van der Waals surface area contributed by atoms with E-state index in [0.717, 1.165) is 31.6 Å². The first kappa shape index (κ1) is 12.3. The van der Waals surface area contributed by atoms with E-state index in [1.54, 1.807) is 7.11 Å². The number of ether oxygens (including phenoxy) is 1. The van der Waals surface area contributed by atoms with E-state index in [0.29, 0.717) is 5.25 Å². The zero-order chi connectivity index (χ0) is 10.4. The molecule has 14 heavy (non-hydrogen) atoms. The molecule has 0 bridgehead atoms. The number of hydrogen-bond donors (Lipinski definition) is 0. The molecule has 0 spiro atoms. The van der Waals surface area contributed by atoms with E-state index in [1.165, 1.54) is 5.17 Å². The van der Waals surface area contributed by atoms with E-state index in [2.05, 4.69) is 32.7 Å². The Morgan fingerprint density at radius 1 is 1.71 bits per heavy atom. The summed E-state index contributed by atoms with van der Waals surface area (Å²) in [5.74, 6) is 0. The van der Waals surface area contributed by atoms with E-state index < -0.39 is 0 Å². The van der Waals surface area contributed by atoms with Crippen LogP contribution >= 0.6 is 27.7 Å². The minimum absolute atomic E-state index is 0.613. The number of amidine groups is 1. The molecule has 0 saturated carbocycles. The van der Waals surface area contributed by atoms with E-state index in [1.807, 2.05) is 11.8 Å². The van der Waals surface area contributed by atoms with Crippen LogP contribution in [0.25, 0.3) is 0 Å². The summed E-state index contributed by atoms with van der Waals surface area (Å²) in [6, 6.07) is 0. The molecule has 0 aliphatic carbocycles. The molecule has 0 fully saturated rings. The Morgan fingerprint density at radius 3 is 3.00 bits per heavy atom. The Balaban J connectivity index is 2.38. The van der Waals surface area contributed by atoms with E-state index in [-0.39, 0.29) is 0 Å². The van der Waals surface area contributed by atoms with Gasteiger partial charge in [-0.2, -0.15) is 0 Å². The van der Waals surface area contributed by atoms with Crippen molar-refractivity contribution < 1.29 is 4.74 Å². The molecule has 0 amide bonds. The molecule has 3 nitrogen and oxygen atoms in total. The summed E-state index contributed by atoms with van der Waals surface area (Å²) in [7, 11) is 1.73. The van der Waals surface area contributed by atoms with Gasteiger partial charge in [-0.15, -0.1) is 0 Å². The third-order valence-electron chi connectivity index (χ3n) is 2.09. The molecule has 0 saturated heterocycles. The average molecular weight is 281 g/mol. The molecule has 0 aromatic heterocycles. The van der Waals surface area contributed by atoms with Crippen LogP contribution < -0.4 is 0 Å². The van der Waals surface area contributed by atoms with Gasteiger partial charge in [0.25, 0.3) is 0 Å². The Hall–Kier alpha value is 0.260. The molecule has 0 aromatic rings. The predicted octanol–water partition coefficient (Wildman–Crippen LogP) is 1.82. The SMILES string of the molecule is CCN(CCOC)C1=NCC(CBr)S1. The topological polar surface area (TPSA) is 24.8 Å². The van der Waals surface area contributed by atoms with Crippen molar-refractivity contribution in [1.82, 2.24) is 4.90 Å². The van der Waals surface area contributed by atoms with Gasteiger partial charge in [0.2, 0.25) is 0 Å². The Morgan fingerprint density at radius 2 is 2.50 bits per heavy atom. The largest absolute Gasteiger partial charge is 0.383 e. The number of halogens is 1. The Bertz CT molecular complexity index is 201. The fourth-order valence-corrected chi connectivity index (χ4v) is 2.88. The molecule has 1 aliphatic heterocycles. The maximum atomic E-state index is 5.07. The van der Waals surface area contributed by atoms with Crippen molar-refractivity contribution in [3.05, 3.63) is 0 Å². The predicted molar refractivity (Wildman–Crippen MR) is 66.6 cm³/mol. The van der Waals surface area contributed by atoms with Gasteiger partial charge in [-0.1, -0.05) is 27.7 Å². The minimum Gasteiger partial charge on any atom is -0.383 e. The lowest BCUT2D eigenvalue weighted by atomic mass is 10.5.